The van der Waals surface area contributed by atoms with E-state index >= 15 is 0 Å². The van der Waals surface area contributed by atoms with Crippen LogP contribution in [0.15, 0.2) is 6.20 Å². The van der Waals surface area contributed by atoms with Crippen LogP contribution in [0.1, 0.15) is 45.1 Å². The number of terminal acetylenes is 1. The molecule has 0 amide bonds. The van der Waals surface area contributed by atoms with Crippen molar-refractivity contribution in [3.63, 3.8) is 0 Å². The number of aryl methyl sites for hydroxylation is 1. The number of ether oxygens (including phenoxy) is 1. The van der Waals surface area contributed by atoms with Crippen LogP contribution in [0, 0.1) is 18.3 Å². The second-order valence-electron chi connectivity index (χ2n) is 5.72. The Balaban J connectivity index is 2.65. The Bertz CT molecular complexity index is 502. The summed E-state index contributed by atoms with van der Waals surface area (Å²) >= 11 is 0. The molecule has 0 saturated heterocycles. The van der Waals surface area contributed by atoms with Crippen molar-refractivity contribution in [3.8, 4) is 12.3 Å². The van der Waals surface area contributed by atoms with Crippen LogP contribution in [-0.2, 0) is 22.4 Å². The zero-order chi connectivity index (χ0) is 15.9. The highest BCUT2D eigenvalue weighted by Gasteiger charge is 2.35. The average molecular weight is 291 g/mol. The molecule has 1 heterocycles. The first-order valence-electron chi connectivity index (χ1n) is 7.38. The van der Waals surface area contributed by atoms with Gasteiger partial charge in [0.15, 0.2) is 5.54 Å². The number of esters is 1. The number of aromatic nitrogens is 2. The average Bonchev–Trinajstić information content (AvgIpc) is 2.85. The molecule has 1 unspecified atom stereocenters. The highest BCUT2D eigenvalue weighted by Crippen LogP contribution is 2.12. The lowest BCUT2D eigenvalue weighted by atomic mass is 9.97. The molecule has 3 N–H and O–H groups in total. The van der Waals surface area contributed by atoms with Gasteiger partial charge in [0.25, 0.3) is 0 Å². The lowest BCUT2D eigenvalue weighted by molar-refractivity contribution is -0.148. The number of hydrogen-bond acceptors (Lipinski definition) is 4. The molecule has 0 saturated carbocycles. The van der Waals surface area contributed by atoms with Crippen molar-refractivity contribution >= 4 is 5.97 Å². The van der Waals surface area contributed by atoms with Crippen molar-refractivity contribution in [1.82, 2.24) is 9.97 Å². The van der Waals surface area contributed by atoms with Gasteiger partial charge in [0.1, 0.15) is 5.82 Å². The largest absolute Gasteiger partial charge is 0.464 e. The number of H-pyrrole nitrogens is 1. The highest BCUT2D eigenvalue weighted by atomic mass is 16.5. The molecular formula is C16H25N3O2. The minimum atomic E-state index is -1.47. The van der Waals surface area contributed by atoms with Gasteiger partial charge >= 0.3 is 5.97 Å². The highest BCUT2D eigenvalue weighted by molar-refractivity contribution is 5.84. The second-order valence-corrected chi connectivity index (χ2v) is 5.72. The van der Waals surface area contributed by atoms with E-state index in [0.29, 0.717) is 18.3 Å². The van der Waals surface area contributed by atoms with E-state index in [1.54, 1.807) is 6.20 Å². The molecule has 5 heteroatoms. The topological polar surface area (TPSA) is 81.0 Å². The maximum atomic E-state index is 12.1. The molecule has 21 heavy (non-hydrogen) atoms. The SMILES string of the molecule is C#CC(N)(Cc1ncc(CCC)[nH]1)C(=O)OCCC(C)C. The third-order valence-corrected chi connectivity index (χ3v) is 3.20. The number of nitrogens with zero attached hydrogens (tertiary/aromatic N) is 1. The number of nitrogens with one attached hydrogen (secondary N) is 1. The van der Waals surface area contributed by atoms with Crippen LogP contribution in [0.4, 0.5) is 0 Å². The summed E-state index contributed by atoms with van der Waals surface area (Å²) in [7, 11) is 0. The number of aromatic amines is 1. The minimum absolute atomic E-state index is 0.147. The van der Waals surface area contributed by atoms with Gasteiger partial charge in [-0.3, -0.25) is 0 Å². The molecule has 1 atom stereocenters. The molecule has 5 nitrogen and oxygen atoms in total. The summed E-state index contributed by atoms with van der Waals surface area (Å²) in [6.07, 6.45) is 10.0. The summed E-state index contributed by atoms with van der Waals surface area (Å²) < 4.78 is 5.19. The van der Waals surface area contributed by atoms with E-state index in [1.807, 2.05) is 0 Å². The van der Waals surface area contributed by atoms with Gasteiger partial charge in [-0.15, -0.1) is 6.42 Å². The summed E-state index contributed by atoms with van der Waals surface area (Å²) in [6.45, 7) is 6.53. The maximum absolute atomic E-state index is 12.1. The summed E-state index contributed by atoms with van der Waals surface area (Å²) in [6, 6.07) is 0. The number of carbonyl (C=O) groups is 1. The molecule has 0 aliphatic rings. The number of carbonyl (C=O) groups excluding carboxylic acids is 1. The smallest absolute Gasteiger partial charge is 0.339 e. The van der Waals surface area contributed by atoms with Gasteiger partial charge in [0, 0.05) is 18.3 Å². The molecule has 0 bridgehead atoms. The van der Waals surface area contributed by atoms with Crippen LogP contribution in [-0.4, -0.2) is 28.1 Å². The van der Waals surface area contributed by atoms with E-state index in [-0.39, 0.29) is 6.42 Å². The van der Waals surface area contributed by atoms with Gasteiger partial charge in [0.2, 0.25) is 0 Å². The van der Waals surface area contributed by atoms with Crippen LogP contribution in [0.3, 0.4) is 0 Å². The first kappa shape index (κ1) is 17.3. The van der Waals surface area contributed by atoms with Gasteiger partial charge < -0.3 is 15.5 Å². The van der Waals surface area contributed by atoms with Crippen molar-refractivity contribution in [2.24, 2.45) is 11.7 Å². The lowest BCUT2D eigenvalue weighted by Gasteiger charge is -2.20. The Morgan fingerprint density at radius 1 is 1.62 bits per heavy atom. The van der Waals surface area contributed by atoms with Gasteiger partial charge in [-0.1, -0.05) is 33.1 Å². The third kappa shape index (κ3) is 5.24. The van der Waals surface area contributed by atoms with Crippen LogP contribution in [0.25, 0.3) is 0 Å². The maximum Gasteiger partial charge on any atom is 0.339 e. The Morgan fingerprint density at radius 2 is 2.33 bits per heavy atom. The zero-order valence-corrected chi connectivity index (χ0v) is 13.1. The summed E-state index contributed by atoms with van der Waals surface area (Å²) in [5.41, 5.74) is 5.54. The number of rotatable bonds is 8. The van der Waals surface area contributed by atoms with Crippen molar-refractivity contribution in [1.29, 1.82) is 0 Å². The molecule has 0 fully saturated rings. The Labute approximate surface area is 126 Å². The first-order valence-corrected chi connectivity index (χ1v) is 7.38. The van der Waals surface area contributed by atoms with Gasteiger partial charge in [0.05, 0.1) is 6.61 Å². The fraction of sp³-hybridized carbons (Fsp3) is 0.625. The Kier molecular flexibility index (Phi) is 6.44. The van der Waals surface area contributed by atoms with Crippen molar-refractivity contribution < 1.29 is 9.53 Å². The molecule has 0 spiro atoms. The Hall–Kier alpha value is -1.80. The molecule has 1 aromatic rings. The number of imidazole rings is 1. The van der Waals surface area contributed by atoms with Gasteiger partial charge in [-0.05, 0) is 18.8 Å². The quantitative estimate of drug-likeness (QED) is 0.565. The summed E-state index contributed by atoms with van der Waals surface area (Å²) in [5, 5.41) is 0. The second kappa shape index (κ2) is 7.84. The van der Waals surface area contributed by atoms with Gasteiger partial charge in [-0.25, -0.2) is 9.78 Å². The van der Waals surface area contributed by atoms with Crippen LogP contribution < -0.4 is 5.73 Å². The molecular weight excluding hydrogens is 266 g/mol. The zero-order valence-electron chi connectivity index (χ0n) is 13.1. The van der Waals surface area contributed by atoms with Crippen LogP contribution >= 0.6 is 0 Å². The predicted molar refractivity (Wildman–Crippen MR) is 82.5 cm³/mol. The molecule has 1 rings (SSSR count). The lowest BCUT2D eigenvalue weighted by Crippen LogP contribution is -2.50. The first-order chi connectivity index (χ1) is 9.91. The van der Waals surface area contributed by atoms with Crippen molar-refractivity contribution in [2.75, 3.05) is 6.61 Å². The molecule has 0 aromatic carbocycles. The van der Waals surface area contributed by atoms with Crippen molar-refractivity contribution in [2.45, 2.75) is 52.0 Å². The summed E-state index contributed by atoms with van der Waals surface area (Å²) in [4.78, 5) is 19.4. The normalized spacial score (nSPS) is 13.7. The fourth-order valence-electron chi connectivity index (χ4n) is 1.85. The van der Waals surface area contributed by atoms with Gasteiger partial charge in [-0.2, -0.15) is 0 Å². The van der Waals surface area contributed by atoms with Crippen LogP contribution in [0.2, 0.25) is 0 Å². The molecule has 1 aromatic heterocycles. The fourth-order valence-corrected chi connectivity index (χ4v) is 1.85. The standard InChI is InChI=1S/C16H25N3O2/c1-5-7-13-11-18-14(19-13)10-16(17,6-2)15(20)21-9-8-12(3)4/h2,11-12H,5,7-10,17H2,1,3-4H3,(H,18,19). The summed E-state index contributed by atoms with van der Waals surface area (Å²) in [5.74, 6) is 2.85. The van der Waals surface area contributed by atoms with E-state index in [9.17, 15) is 4.79 Å². The van der Waals surface area contributed by atoms with Crippen LogP contribution in [0.5, 0.6) is 0 Å². The van der Waals surface area contributed by atoms with E-state index < -0.39 is 11.5 Å². The molecule has 116 valence electrons. The van der Waals surface area contributed by atoms with E-state index in [2.05, 4.69) is 36.7 Å². The molecule has 0 aliphatic carbocycles. The van der Waals surface area contributed by atoms with Crippen molar-refractivity contribution in [3.05, 3.63) is 17.7 Å². The van der Waals surface area contributed by atoms with E-state index in [0.717, 1.165) is 25.0 Å². The Morgan fingerprint density at radius 3 is 2.90 bits per heavy atom. The third-order valence-electron chi connectivity index (χ3n) is 3.20. The molecule has 0 radical (unpaired) electrons. The number of hydrogen-bond donors (Lipinski definition) is 2. The molecule has 0 aliphatic heterocycles. The monoisotopic (exact) mass is 291 g/mol. The minimum Gasteiger partial charge on any atom is -0.464 e. The van der Waals surface area contributed by atoms with E-state index in [1.165, 1.54) is 0 Å². The predicted octanol–water partition coefficient (Wildman–Crippen LogP) is 1.82. The van der Waals surface area contributed by atoms with E-state index in [4.69, 9.17) is 16.9 Å². The number of nitrogens with two attached hydrogens (primary N) is 1.